The highest BCUT2D eigenvalue weighted by atomic mass is 35.5. The van der Waals surface area contributed by atoms with Gasteiger partial charge in [-0.15, -0.1) is 0 Å². The Morgan fingerprint density at radius 3 is 2.94 bits per heavy atom. The van der Waals surface area contributed by atoms with Gasteiger partial charge < -0.3 is 4.98 Å². The molecule has 6 heteroatoms. The molecule has 0 bridgehead atoms. The average Bonchev–Trinajstić information content (AvgIpc) is 2.75. The second-order valence-electron chi connectivity index (χ2n) is 3.58. The quantitative estimate of drug-likeness (QED) is 0.689. The minimum absolute atomic E-state index is 0.206. The van der Waals surface area contributed by atoms with Crippen LogP contribution < -0.4 is 5.56 Å². The summed E-state index contributed by atoms with van der Waals surface area (Å²) in [6.07, 6.45) is 3.04. The Bertz CT molecular complexity index is 746. The largest absolute Gasteiger partial charge is 0.313 e. The standard InChI is InChI=1S/C11H7ClN4O/c12-7-1-6-4-15-16-11(6)8(2-7)9-3-10(17)14-5-13-9/h1-5H,(H,15,16)(H,13,14,17). The van der Waals surface area contributed by atoms with E-state index in [0.29, 0.717) is 10.7 Å². The van der Waals surface area contributed by atoms with Crippen LogP contribution in [0.3, 0.4) is 0 Å². The van der Waals surface area contributed by atoms with Crippen LogP contribution in [-0.2, 0) is 0 Å². The lowest BCUT2D eigenvalue weighted by Gasteiger charge is -2.02. The van der Waals surface area contributed by atoms with E-state index >= 15 is 0 Å². The van der Waals surface area contributed by atoms with Gasteiger partial charge in [0, 0.05) is 22.0 Å². The van der Waals surface area contributed by atoms with Gasteiger partial charge in [-0.2, -0.15) is 5.10 Å². The Morgan fingerprint density at radius 2 is 2.12 bits per heavy atom. The van der Waals surface area contributed by atoms with E-state index in [4.69, 9.17) is 11.6 Å². The fourth-order valence-corrected chi connectivity index (χ4v) is 1.97. The number of H-pyrrole nitrogens is 2. The van der Waals surface area contributed by atoms with Gasteiger partial charge in [0.2, 0.25) is 0 Å². The summed E-state index contributed by atoms with van der Waals surface area (Å²) < 4.78 is 0. The number of fused-ring (bicyclic) bond motifs is 1. The molecule has 0 saturated carbocycles. The van der Waals surface area contributed by atoms with Gasteiger partial charge in [0.15, 0.2) is 0 Å². The molecule has 0 fully saturated rings. The summed E-state index contributed by atoms with van der Waals surface area (Å²) in [6, 6.07) is 4.98. The number of aromatic nitrogens is 4. The van der Waals surface area contributed by atoms with Gasteiger partial charge in [-0.3, -0.25) is 9.89 Å². The molecule has 0 aliphatic heterocycles. The van der Waals surface area contributed by atoms with Gasteiger partial charge in [0.1, 0.15) is 0 Å². The van der Waals surface area contributed by atoms with Crippen LogP contribution in [0.2, 0.25) is 5.02 Å². The van der Waals surface area contributed by atoms with Crippen LogP contribution in [0.15, 0.2) is 35.5 Å². The Labute approximate surface area is 100 Å². The van der Waals surface area contributed by atoms with E-state index in [1.807, 2.05) is 0 Å². The highest BCUT2D eigenvalue weighted by Gasteiger charge is 2.08. The maximum atomic E-state index is 11.3. The Kier molecular flexibility index (Phi) is 2.19. The van der Waals surface area contributed by atoms with Crippen LogP contribution >= 0.6 is 11.6 Å². The van der Waals surface area contributed by atoms with Gasteiger partial charge in [0.05, 0.1) is 23.7 Å². The lowest BCUT2D eigenvalue weighted by Crippen LogP contribution is -2.04. The van der Waals surface area contributed by atoms with Crippen LogP contribution in [-0.4, -0.2) is 20.2 Å². The second-order valence-corrected chi connectivity index (χ2v) is 4.02. The fourth-order valence-electron chi connectivity index (χ4n) is 1.74. The number of hydrogen-bond acceptors (Lipinski definition) is 3. The summed E-state index contributed by atoms with van der Waals surface area (Å²) >= 11 is 6.02. The third kappa shape index (κ3) is 1.70. The molecule has 2 aromatic heterocycles. The van der Waals surface area contributed by atoms with Crippen LogP contribution in [0.1, 0.15) is 0 Å². The molecule has 3 aromatic rings. The molecule has 0 aliphatic carbocycles. The zero-order chi connectivity index (χ0) is 11.8. The highest BCUT2D eigenvalue weighted by molar-refractivity contribution is 6.31. The molecule has 84 valence electrons. The smallest absolute Gasteiger partial charge is 0.251 e. The Balaban J connectivity index is 2.36. The molecule has 0 unspecified atom stereocenters. The van der Waals surface area contributed by atoms with Crippen molar-refractivity contribution in [1.82, 2.24) is 20.2 Å². The Hall–Kier alpha value is -2.14. The van der Waals surface area contributed by atoms with Gasteiger partial charge in [-0.1, -0.05) is 11.6 Å². The van der Waals surface area contributed by atoms with Crippen LogP contribution in [0, 0.1) is 0 Å². The van der Waals surface area contributed by atoms with Crippen molar-refractivity contribution in [2.75, 3.05) is 0 Å². The van der Waals surface area contributed by atoms with Gasteiger partial charge in [-0.25, -0.2) is 4.98 Å². The van der Waals surface area contributed by atoms with E-state index in [9.17, 15) is 4.79 Å². The third-order valence-corrected chi connectivity index (χ3v) is 2.69. The van der Waals surface area contributed by atoms with Crippen molar-refractivity contribution in [3.8, 4) is 11.3 Å². The summed E-state index contributed by atoms with van der Waals surface area (Å²) in [7, 11) is 0. The summed E-state index contributed by atoms with van der Waals surface area (Å²) in [6.45, 7) is 0. The first-order chi connectivity index (χ1) is 8.24. The molecule has 0 radical (unpaired) electrons. The second kappa shape index (κ2) is 3.71. The number of aromatic amines is 2. The fraction of sp³-hybridized carbons (Fsp3) is 0. The molecule has 1 aromatic carbocycles. The number of nitrogens with zero attached hydrogens (tertiary/aromatic N) is 2. The lowest BCUT2D eigenvalue weighted by molar-refractivity contribution is 1.11. The van der Waals surface area contributed by atoms with Gasteiger partial charge in [0.25, 0.3) is 5.56 Å². The summed E-state index contributed by atoms with van der Waals surface area (Å²) in [5, 5.41) is 8.29. The summed E-state index contributed by atoms with van der Waals surface area (Å²) in [5.41, 5.74) is 1.93. The molecule has 0 spiro atoms. The van der Waals surface area contributed by atoms with Crippen molar-refractivity contribution in [1.29, 1.82) is 0 Å². The van der Waals surface area contributed by atoms with Crippen molar-refractivity contribution in [3.05, 3.63) is 46.1 Å². The van der Waals surface area contributed by atoms with E-state index in [2.05, 4.69) is 20.2 Å². The number of halogens is 1. The predicted molar refractivity (Wildman–Crippen MR) is 65.0 cm³/mol. The molecule has 17 heavy (non-hydrogen) atoms. The normalized spacial score (nSPS) is 10.9. The maximum Gasteiger partial charge on any atom is 0.251 e. The minimum atomic E-state index is -0.206. The van der Waals surface area contributed by atoms with E-state index in [1.54, 1.807) is 18.3 Å². The minimum Gasteiger partial charge on any atom is -0.313 e. The molecule has 2 N–H and O–H groups in total. The average molecular weight is 247 g/mol. The first-order valence-electron chi connectivity index (χ1n) is 4.92. The molecule has 0 amide bonds. The first kappa shape index (κ1) is 10.0. The molecular formula is C11H7ClN4O. The molecule has 0 aliphatic rings. The molecule has 0 saturated heterocycles. The lowest BCUT2D eigenvalue weighted by atomic mass is 10.1. The summed E-state index contributed by atoms with van der Waals surface area (Å²) in [4.78, 5) is 17.9. The Morgan fingerprint density at radius 1 is 1.24 bits per heavy atom. The number of hydrogen-bond donors (Lipinski definition) is 2. The molecule has 0 atom stereocenters. The monoisotopic (exact) mass is 246 g/mol. The van der Waals surface area contributed by atoms with Crippen molar-refractivity contribution < 1.29 is 0 Å². The van der Waals surface area contributed by atoms with Crippen LogP contribution in [0.4, 0.5) is 0 Å². The van der Waals surface area contributed by atoms with Crippen molar-refractivity contribution >= 4 is 22.5 Å². The number of nitrogens with one attached hydrogen (secondary N) is 2. The zero-order valence-electron chi connectivity index (χ0n) is 8.57. The SMILES string of the molecule is O=c1cc(-c2cc(Cl)cc3cn[nH]c23)nc[nH]1. The molecule has 3 rings (SSSR count). The number of benzene rings is 1. The van der Waals surface area contributed by atoms with Gasteiger partial charge >= 0.3 is 0 Å². The topological polar surface area (TPSA) is 74.4 Å². The van der Waals surface area contributed by atoms with Crippen molar-refractivity contribution in [2.24, 2.45) is 0 Å². The van der Waals surface area contributed by atoms with E-state index in [-0.39, 0.29) is 5.56 Å². The first-order valence-corrected chi connectivity index (χ1v) is 5.29. The predicted octanol–water partition coefficient (Wildman–Crippen LogP) is 1.97. The third-order valence-electron chi connectivity index (χ3n) is 2.47. The van der Waals surface area contributed by atoms with Crippen LogP contribution in [0.5, 0.6) is 0 Å². The molecule has 5 nitrogen and oxygen atoms in total. The van der Waals surface area contributed by atoms with Crippen molar-refractivity contribution in [3.63, 3.8) is 0 Å². The van der Waals surface area contributed by atoms with Crippen LogP contribution in [0.25, 0.3) is 22.2 Å². The van der Waals surface area contributed by atoms with E-state index < -0.39 is 0 Å². The summed E-state index contributed by atoms with van der Waals surface area (Å²) in [5.74, 6) is 0. The molecule has 2 heterocycles. The van der Waals surface area contributed by atoms with E-state index in [1.165, 1.54) is 12.4 Å². The zero-order valence-corrected chi connectivity index (χ0v) is 9.32. The van der Waals surface area contributed by atoms with E-state index in [0.717, 1.165) is 16.5 Å². The highest BCUT2D eigenvalue weighted by Crippen LogP contribution is 2.28. The molecular weight excluding hydrogens is 240 g/mol. The van der Waals surface area contributed by atoms with Crippen molar-refractivity contribution in [2.45, 2.75) is 0 Å². The van der Waals surface area contributed by atoms with Gasteiger partial charge in [-0.05, 0) is 12.1 Å². The maximum absolute atomic E-state index is 11.3. The number of rotatable bonds is 1.